The third kappa shape index (κ3) is 9.53. The number of hydrogen-bond acceptors (Lipinski definition) is 9. The van der Waals surface area contributed by atoms with E-state index >= 15 is 0 Å². The number of carbonyl (C=O) groups is 2. The van der Waals surface area contributed by atoms with Crippen LogP contribution >= 0.6 is 0 Å². The topological polar surface area (TPSA) is 163 Å². The van der Waals surface area contributed by atoms with E-state index < -0.39 is 24.3 Å². The van der Waals surface area contributed by atoms with Gasteiger partial charge in [0.15, 0.2) is 0 Å². The van der Waals surface area contributed by atoms with Crippen LogP contribution in [0.15, 0.2) is 48.7 Å². The molecule has 12 heteroatoms. The normalized spacial score (nSPS) is 12.4. The molecule has 2 aromatic carbocycles. The number of aliphatic hydroxyl groups is 1. The van der Waals surface area contributed by atoms with Gasteiger partial charge in [0.1, 0.15) is 30.3 Å². The minimum atomic E-state index is -0.664. The summed E-state index contributed by atoms with van der Waals surface area (Å²) in [6, 6.07) is 13.2. The number of nitrogens with one attached hydrogen (secondary N) is 4. The van der Waals surface area contributed by atoms with Gasteiger partial charge in [0.2, 0.25) is 0 Å². The Morgan fingerprint density at radius 1 is 1.13 bits per heavy atom. The lowest BCUT2D eigenvalue weighted by Gasteiger charge is -2.22. The zero-order valence-electron chi connectivity index (χ0n) is 21.7. The molecule has 0 spiro atoms. The maximum atomic E-state index is 12.5. The molecule has 0 saturated heterocycles. The van der Waals surface area contributed by atoms with E-state index in [1.165, 1.54) is 20.4 Å². The molecule has 0 aromatic heterocycles. The van der Waals surface area contributed by atoms with Crippen molar-refractivity contribution in [1.82, 2.24) is 10.6 Å². The third-order valence-electron chi connectivity index (χ3n) is 5.15. The molecule has 5 N–H and O–H groups in total. The molecule has 2 atom stereocenters. The number of methoxy groups -OCH3 is 2. The summed E-state index contributed by atoms with van der Waals surface area (Å²) in [5.41, 5.74) is 2.15. The number of nitriles is 1. The molecule has 0 saturated carbocycles. The van der Waals surface area contributed by atoms with Gasteiger partial charge in [-0.05, 0) is 36.8 Å². The number of aliphatic hydroxyl groups excluding tert-OH is 1. The quantitative estimate of drug-likeness (QED) is 0.245. The number of rotatable bonds is 13. The molecule has 0 aliphatic carbocycles. The smallest absolute Gasteiger partial charge is 0.407 e. The summed E-state index contributed by atoms with van der Waals surface area (Å²) in [6.07, 6.45) is -0.467. The van der Waals surface area contributed by atoms with Gasteiger partial charge in [-0.2, -0.15) is 5.26 Å². The van der Waals surface area contributed by atoms with Crippen LogP contribution in [0.1, 0.15) is 18.1 Å². The molecule has 3 amide bonds. The Bertz CT molecular complexity index is 1150. The van der Waals surface area contributed by atoms with Crippen molar-refractivity contribution in [2.24, 2.45) is 0 Å². The van der Waals surface area contributed by atoms with Crippen molar-refractivity contribution in [2.75, 3.05) is 45.1 Å². The average molecular weight is 528 g/mol. The molecule has 2 aromatic rings. The second kappa shape index (κ2) is 15.6. The van der Waals surface area contributed by atoms with Crippen molar-refractivity contribution >= 4 is 29.3 Å². The fourth-order valence-electron chi connectivity index (χ4n) is 3.34. The fraction of sp³-hybridized carbons (Fsp3) is 0.346. The van der Waals surface area contributed by atoms with Gasteiger partial charge < -0.3 is 45.3 Å². The molecular formula is C26H33N5O7. The molecule has 0 aliphatic heterocycles. The predicted octanol–water partition coefficient (Wildman–Crippen LogP) is 3.58. The standard InChI is InChI=1S/C26H33N5O7/c1-17(24(16-35-3)37-11-10-27)38-26(34)29-14-18-6-5-7-19(12-18)30-25(33)31-20-8-9-21(22(32)15-28-2)23(13-20)36-4/h5-9,12-13,15,17,24,28,32H,11,14,16H2,1-4H3,(H,29,34)(H2,30,31,33)/b22-15-. The molecule has 0 bridgehead atoms. The van der Waals surface area contributed by atoms with Gasteiger partial charge in [-0.15, -0.1) is 0 Å². The Morgan fingerprint density at radius 3 is 2.53 bits per heavy atom. The molecule has 0 aliphatic rings. The molecular weight excluding hydrogens is 494 g/mol. The molecule has 12 nitrogen and oxygen atoms in total. The molecule has 0 radical (unpaired) electrons. The molecule has 38 heavy (non-hydrogen) atoms. The minimum absolute atomic E-state index is 0.00811. The number of ether oxygens (including phenoxy) is 4. The molecule has 0 heterocycles. The van der Waals surface area contributed by atoms with Gasteiger partial charge in [-0.1, -0.05) is 12.1 Å². The fourth-order valence-corrected chi connectivity index (χ4v) is 3.34. The lowest BCUT2D eigenvalue weighted by molar-refractivity contribution is -0.0592. The first-order valence-electron chi connectivity index (χ1n) is 11.6. The van der Waals surface area contributed by atoms with Crippen molar-refractivity contribution in [3.8, 4) is 11.8 Å². The lowest BCUT2D eigenvalue weighted by atomic mass is 10.1. The first-order valence-corrected chi connectivity index (χ1v) is 11.6. The summed E-state index contributed by atoms with van der Waals surface area (Å²) in [5, 5.41) is 29.6. The van der Waals surface area contributed by atoms with Gasteiger partial charge in [0.25, 0.3) is 0 Å². The third-order valence-corrected chi connectivity index (χ3v) is 5.15. The second-order valence-corrected chi connectivity index (χ2v) is 7.94. The Kier molecular flexibility index (Phi) is 12.2. The van der Waals surface area contributed by atoms with Crippen LogP contribution in [0.4, 0.5) is 21.0 Å². The highest BCUT2D eigenvalue weighted by Crippen LogP contribution is 2.28. The number of anilines is 2. The average Bonchev–Trinajstić information content (AvgIpc) is 2.90. The van der Waals surface area contributed by atoms with Crippen LogP contribution < -0.4 is 26.0 Å². The molecule has 204 valence electrons. The summed E-state index contributed by atoms with van der Waals surface area (Å²) in [5.74, 6) is 0.373. The van der Waals surface area contributed by atoms with E-state index in [9.17, 15) is 14.7 Å². The Hall–Kier alpha value is -4.47. The van der Waals surface area contributed by atoms with Crippen LogP contribution in [0, 0.1) is 11.3 Å². The summed E-state index contributed by atoms with van der Waals surface area (Å²) in [7, 11) is 4.61. The van der Waals surface area contributed by atoms with Gasteiger partial charge in [-0.25, -0.2) is 9.59 Å². The van der Waals surface area contributed by atoms with Gasteiger partial charge in [-0.3, -0.25) is 0 Å². The van der Waals surface area contributed by atoms with E-state index in [1.807, 2.05) is 6.07 Å². The van der Waals surface area contributed by atoms with Crippen LogP contribution in [0.2, 0.25) is 0 Å². The summed E-state index contributed by atoms with van der Waals surface area (Å²) < 4.78 is 21.0. The maximum absolute atomic E-state index is 12.5. The predicted molar refractivity (Wildman–Crippen MR) is 142 cm³/mol. The maximum Gasteiger partial charge on any atom is 0.407 e. The van der Waals surface area contributed by atoms with E-state index in [-0.39, 0.29) is 25.5 Å². The number of amides is 3. The monoisotopic (exact) mass is 527 g/mol. The van der Waals surface area contributed by atoms with Crippen molar-refractivity contribution in [1.29, 1.82) is 5.26 Å². The molecule has 2 unspecified atom stereocenters. The second-order valence-electron chi connectivity index (χ2n) is 7.94. The number of nitrogens with zero attached hydrogens (tertiary/aromatic N) is 1. The molecule has 2 rings (SSSR count). The zero-order chi connectivity index (χ0) is 27.9. The summed E-state index contributed by atoms with van der Waals surface area (Å²) >= 11 is 0. The minimum Gasteiger partial charge on any atom is -0.506 e. The van der Waals surface area contributed by atoms with Crippen molar-refractivity contribution < 1.29 is 33.6 Å². The number of hydrogen-bond donors (Lipinski definition) is 5. The Balaban J connectivity index is 1.93. The van der Waals surface area contributed by atoms with Gasteiger partial charge >= 0.3 is 12.1 Å². The van der Waals surface area contributed by atoms with Crippen molar-refractivity contribution in [3.05, 3.63) is 59.8 Å². The van der Waals surface area contributed by atoms with Crippen molar-refractivity contribution in [3.63, 3.8) is 0 Å². The highest BCUT2D eigenvalue weighted by atomic mass is 16.6. The lowest BCUT2D eigenvalue weighted by Crippen LogP contribution is -2.37. The largest absolute Gasteiger partial charge is 0.506 e. The zero-order valence-corrected chi connectivity index (χ0v) is 21.7. The van der Waals surface area contributed by atoms with Gasteiger partial charge in [0, 0.05) is 44.3 Å². The van der Waals surface area contributed by atoms with Crippen LogP contribution in [0.3, 0.4) is 0 Å². The first kappa shape index (κ1) is 29.8. The SMILES string of the molecule is CN/C=C(\O)c1ccc(NC(=O)Nc2cccc(CNC(=O)OC(C)C(COC)OCC#N)c2)cc1OC. The van der Waals surface area contributed by atoms with E-state index in [4.69, 9.17) is 24.2 Å². The van der Waals surface area contributed by atoms with Crippen LogP contribution in [0.25, 0.3) is 5.76 Å². The van der Waals surface area contributed by atoms with Crippen LogP contribution in [-0.4, -0.2) is 63.9 Å². The van der Waals surface area contributed by atoms with E-state index in [1.54, 1.807) is 56.4 Å². The number of alkyl carbamates (subject to hydrolysis) is 1. The number of urea groups is 1. The summed E-state index contributed by atoms with van der Waals surface area (Å²) in [4.78, 5) is 24.8. The summed E-state index contributed by atoms with van der Waals surface area (Å²) in [6.45, 7) is 1.82. The highest BCUT2D eigenvalue weighted by molar-refractivity contribution is 6.00. The Morgan fingerprint density at radius 2 is 1.87 bits per heavy atom. The first-order chi connectivity index (χ1) is 18.3. The van der Waals surface area contributed by atoms with Crippen LogP contribution in [0.5, 0.6) is 5.75 Å². The number of carbonyl (C=O) groups excluding carboxylic acids is 2. The van der Waals surface area contributed by atoms with Crippen molar-refractivity contribution in [2.45, 2.75) is 25.7 Å². The van der Waals surface area contributed by atoms with Gasteiger partial charge in [0.05, 0.1) is 25.3 Å². The van der Waals surface area contributed by atoms with Crippen LogP contribution in [-0.2, 0) is 20.8 Å². The Labute approximate surface area is 221 Å². The van der Waals surface area contributed by atoms with E-state index in [0.29, 0.717) is 22.7 Å². The van der Waals surface area contributed by atoms with E-state index in [2.05, 4.69) is 21.3 Å². The highest BCUT2D eigenvalue weighted by Gasteiger charge is 2.22. The molecule has 0 fully saturated rings. The number of benzene rings is 2. The van der Waals surface area contributed by atoms with E-state index in [0.717, 1.165) is 5.56 Å².